The summed E-state index contributed by atoms with van der Waals surface area (Å²) in [6.07, 6.45) is 1.64. The van der Waals surface area contributed by atoms with Crippen LogP contribution in [-0.4, -0.2) is 22.7 Å². The number of nitrogens with one attached hydrogen (secondary N) is 1. The van der Waals surface area contributed by atoms with Crippen molar-refractivity contribution in [1.82, 2.24) is 4.98 Å². The molecule has 4 N–H and O–H groups in total. The van der Waals surface area contributed by atoms with Crippen LogP contribution in [0.15, 0.2) is 18.2 Å². The third kappa shape index (κ3) is 3.70. The van der Waals surface area contributed by atoms with Crippen LogP contribution < -0.4 is 11.1 Å². The molecule has 4 nitrogen and oxygen atoms in total. The van der Waals surface area contributed by atoms with E-state index < -0.39 is 0 Å². The lowest BCUT2D eigenvalue weighted by Gasteiger charge is -2.20. The van der Waals surface area contributed by atoms with Gasteiger partial charge in [-0.25, -0.2) is 4.98 Å². The van der Waals surface area contributed by atoms with Gasteiger partial charge in [0.15, 0.2) is 0 Å². The molecule has 0 bridgehead atoms. The standard InChI is InChI=1S/C12H21N3O/c1-3-9(4-2)10(16)8-14-12-7-5-6-11(13)15-12/h5-7,9-10,16H,3-4,8H2,1-2H3,(H3,13,14,15). The van der Waals surface area contributed by atoms with Crippen LogP contribution in [0.4, 0.5) is 11.6 Å². The molecule has 0 amide bonds. The van der Waals surface area contributed by atoms with Crippen molar-refractivity contribution in [3.63, 3.8) is 0 Å². The number of aliphatic hydroxyl groups excluding tert-OH is 1. The fourth-order valence-electron chi connectivity index (χ4n) is 1.76. The highest BCUT2D eigenvalue weighted by Gasteiger charge is 2.14. The van der Waals surface area contributed by atoms with Gasteiger partial charge >= 0.3 is 0 Å². The summed E-state index contributed by atoms with van der Waals surface area (Å²) in [4.78, 5) is 4.11. The number of rotatable bonds is 6. The van der Waals surface area contributed by atoms with Crippen molar-refractivity contribution in [3.8, 4) is 0 Å². The van der Waals surface area contributed by atoms with Crippen molar-refractivity contribution < 1.29 is 5.11 Å². The van der Waals surface area contributed by atoms with Crippen LogP contribution in [-0.2, 0) is 0 Å². The number of pyridine rings is 1. The van der Waals surface area contributed by atoms with Gasteiger partial charge in [-0.3, -0.25) is 0 Å². The first kappa shape index (κ1) is 12.8. The van der Waals surface area contributed by atoms with E-state index >= 15 is 0 Å². The quantitative estimate of drug-likeness (QED) is 0.688. The van der Waals surface area contributed by atoms with Gasteiger partial charge in [-0.05, 0) is 18.1 Å². The Balaban J connectivity index is 2.45. The zero-order valence-electron chi connectivity index (χ0n) is 9.98. The fourth-order valence-corrected chi connectivity index (χ4v) is 1.76. The lowest BCUT2D eigenvalue weighted by atomic mass is 9.97. The largest absolute Gasteiger partial charge is 0.391 e. The number of nitrogen functional groups attached to an aromatic ring is 1. The Morgan fingerprint density at radius 1 is 1.38 bits per heavy atom. The van der Waals surface area contributed by atoms with Crippen LogP contribution in [0.5, 0.6) is 0 Å². The summed E-state index contributed by atoms with van der Waals surface area (Å²) in [5.74, 6) is 1.54. The highest BCUT2D eigenvalue weighted by molar-refractivity contribution is 5.42. The topological polar surface area (TPSA) is 71.2 Å². The number of aromatic nitrogens is 1. The van der Waals surface area contributed by atoms with Gasteiger partial charge in [-0.2, -0.15) is 0 Å². The van der Waals surface area contributed by atoms with Gasteiger partial charge in [0.1, 0.15) is 11.6 Å². The minimum Gasteiger partial charge on any atom is -0.391 e. The minimum absolute atomic E-state index is 0.335. The highest BCUT2D eigenvalue weighted by atomic mass is 16.3. The average molecular weight is 223 g/mol. The summed E-state index contributed by atoms with van der Waals surface area (Å²) in [6, 6.07) is 5.42. The smallest absolute Gasteiger partial charge is 0.128 e. The van der Waals surface area contributed by atoms with Gasteiger partial charge in [0, 0.05) is 6.54 Å². The molecule has 0 aliphatic carbocycles. The first-order valence-corrected chi connectivity index (χ1v) is 5.81. The number of nitrogens with zero attached hydrogens (tertiary/aromatic N) is 1. The van der Waals surface area contributed by atoms with E-state index in [0.717, 1.165) is 12.8 Å². The molecule has 1 unspecified atom stereocenters. The molecule has 0 aliphatic rings. The molecule has 1 aromatic rings. The molecule has 0 saturated heterocycles. The van der Waals surface area contributed by atoms with E-state index in [2.05, 4.69) is 24.1 Å². The fraction of sp³-hybridized carbons (Fsp3) is 0.583. The van der Waals surface area contributed by atoms with Gasteiger partial charge in [-0.1, -0.05) is 32.8 Å². The molecule has 16 heavy (non-hydrogen) atoms. The van der Waals surface area contributed by atoms with Crippen molar-refractivity contribution >= 4 is 11.6 Å². The average Bonchev–Trinajstić information content (AvgIpc) is 2.28. The van der Waals surface area contributed by atoms with E-state index in [9.17, 15) is 5.11 Å². The van der Waals surface area contributed by atoms with E-state index in [1.54, 1.807) is 6.07 Å². The Labute approximate surface area is 96.9 Å². The Morgan fingerprint density at radius 2 is 2.06 bits per heavy atom. The Bertz CT molecular complexity index is 313. The molecule has 0 aromatic carbocycles. The van der Waals surface area contributed by atoms with Gasteiger partial charge in [0.2, 0.25) is 0 Å². The summed E-state index contributed by atoms with van der Waals surface area (Å²) in [7, 11) is 0. The van der Waals surface area contributed by atoms with Crippen LogP contribution >= 0.6 is 0 Å². The van der Waals surface area contributed by atoms with Crippen molar-refractivity contribution in [2.24, 2.45) is 5.92 Å². The Hall–Kier alpha value is -1.29. The summed E-state index contributed by atoms with van der Waals surface area (Å²) in [5, 5.41) is 13.0. The maximum absolute atomic E-state index is 9.92. The molecule has 1 aromatic heterocycles. The molecule has 0 radical (unpaired) electrons. The molecule has 0 aliphatic heterocycles. The second kappa shape index (κ2) is 6.33. The molecule has 1 atom stereocenters. The van der Waals surface area contributed by atoms with Crippen molar-refractivity contribution in [2.75, 3.05) is 17.6 Å². The van der Waals surface area contributed by atoms with Gasteiger partial charge < -0.3 is 16.2 Å². The highest BCUT2D eigenvalue weighted by Crippen LogP contribution is 2.14. The summed E-state index contributed by atoms with van der Waals surface area (Å²) < 4.78 is 0. The molecular formula is C12H21N3O. The number of aliphatic hydroxyl groups is 1. The summed E-state index contributed by atoms with van der Waals surface area (Å²) in [5.41, 5.74) is 5.56. The second-order valence-corrected chi connectivity index (χ2v) is 3.97. The number of hydrogen-bond donors (Lipinski definition) is 3. The lowest BCUT2D eigenvalue weighted by Crippen LogP contribution is -2.27. The number of hydrogen-bond acceptors (Lipinski definition) is 4. The molecule has 4 heteroatoms. The monoisotopic (exact) mass is 223 g/mol. The van der Waals surface area contributed by atoms with E-state index in [1.165, 1.54) is 0 Å². The third-order valence-corrected chi connectivity index (χ3v) is 2.86. The van der Waals surface area contributed by atoms with Crippen molar-refractivity contribution in [2.45, 2.75) is 32.8 Å². The molecule has 1 heterocycles. The molecule has 0 spiro atoms. The summed E-state index contributed by atoms with van der Waals surface area (Å²) in [6.45, 7) is 4.70. The van der Waals surface area contributed by atoms with Crippen LogP contribution in [0.3, 0.4) is 0 Å². The SMILES string of the molecule is CCC(CC)C(O)CNc1cccc(N)n1. The first-order valence-electron chi connectivity index (χ1n) is 5.81. The van der Waals surface area contributed by atoms with Crippen molar-refractivity contribution in [3.05, 3.63) is 18.2 Å². The normalized spacial score (nSPS) is 12.8. The van der Waals surface area contributed by atoms with Crippen molar-refractivity contribution in [1.29, 1.82) is 0 Å². The maximum atomic E-state index is 9.92. The van der Waals surface area contributed by atoms with Crippen LogP contribution in [0, 0.1) is 5.92 Å². The molecular weight excluding hydrogens is 202 g/mol. The Morgan fingerprint density at radius 3 is 2.62 bits per heavy atom. The van der Waals surface area contributed by atoms with E-state index in [-0.39, 0.29) is 6.10 Å². The predicted octanol–water partition coefficient (Wildman–Crippen LogP) is 1.87. The zero-order chi connectivity index (χ0) is 12.0. The molecule has 0 saturated carbocycles. The molecule has 1 rings (SSSR count). The summed E-state index contributed by atoms with van der Waals surface area (Å²) >= 11 is 0. The van der Waals surface area contributed by atoms with E-state index in [1.807, 2.05) is 12.1 Å². The van der Waals surface area contributed by atoms with Gasteiger partial charge in [0.05, 0.1) is 6.10 Å². The maximum Gasteiger partial charge on any atom is 0.128 e. The van der Waals surface area contributed by atoms with E-state index in [4.69, 9.17) is 5.73 Å². The molecule has 90 valence electrons. The number of anilines is 2. The zero-order valence-corrected chi connectivity index (χ0v) is 9.98. The molecule has 0 fully saturated rings. The Kier molecular flexibility index (Phi) is 5.05. The third-order valence-electron chi connectivity index (χ3n) is 2.86. The first-order chi connectivity index (χ1) is 7.67. The lowest BCUT2D eigenvalue weighted by molar-refractivity contribution is 0.114. The predicted molar refractivity (Wildman–Crippen MR) is 67.2 cm³/mol. The van der Waals surface area contributed by atoms with Crippen LogP contribution in [0.2, 0.25) is 0 Å². The minimum atomic E-state index is -0.335. The van der Waals surface area contributed by atoms with Gasteiger partial charge in [0.25, 0.3) is 0 Å². The van der Waals surface area contributed by atoms with E-state index in [0.29, 0.717) is 24.1 Å². The number of nitrogens with two attached hydrogens (primary N) is 1. The van der Waals surface area contributed by atoms with Gasteiger partial charge in [-0.15, -0.1) is 0 Å². The second-order valence-electron chi connectivity index (χ2n) is 3.97. The van der Waals surface area contributed by atoms with Crippen LogP contribution in [0.25, 0.3) is 0 Å². The van der Waals surface area contributed by atoms with Crippen LogP contribution in [0.1, 0.15) is 26.7 Å².